The number of carboxylic acid groups (broad SMARTS) is 1. The third kappa shape index (κ3) is 4.16. The summed E-state index contributed by atoms with van der Waals surface area (Å²) in [6.07, 6.45) is 2.00. The fourth-order valence-electron chi connectivity index (χ4n) is 1.87. The number of hydrogen-bond donors (Lipinski definition) is 3. The Morgan fingerprint density at radius 1 is 1.48 bits per heavy atom. The molecule has 114 valence electrons. The monoisotopic (exact) mass is 296 g/mol. The maximum Gasteiger partial charge on any atom is 0.358 e. The fourth-order valence-corrected chi connectivity index (χ4v) is 1.87. The third-order valence-electron chi connectivity index (χ3n) is 2.92. The van der Waals surface area contributed by atoms with E-state index in [9.17, 15) is 14.4 Å². The molecule has 3 N–H and O–H groups in total. The zero-order valence-electron chi connectivity index (χ0n) is 11.3. The number of nitrogens with one attached hydrogen (secondary N) is 2. The molecule has 1 fully saturated rings. The molecule has 0 bridgehead atoms. The Labute approximate surface area is 120 Å². The van der Waals surface area contributed by atoms with Gasteiger partial charge in [0.2, 0.25) is 5.91 Å². The quantitative estimate of drug-likeness (QED) is 0.620. The van der Waals surface area contributed by atoms with E-state index in [0.29, 0.717) is 26.1 Å². The van der Waals surface area contributed by atoms with E-state index in [1.54, 1.807) is 0 Å². The van der Waals surface area contributed by atoms with Crippen LogP contribution >= 0.6 is 0 Å². The molecule has 0 aliphatic carbocycles. The van der Waals surface area contributed by atoms with Gasteiger partial charge in [-0.2, -0.15) is 0 Å². The molecule has 1 saturated heterocycles. The van der Waals surface area contributed by atoms with E-state index in [0.717, 1.165) is 0 Å². The maximum atomic E-state index is 11.9. The van der Waals surface area contributed by atoms with E-state index >= 15 is 0 Å². The van der Waals surface area contributed by atoms with Crippen LogP contribution in [0.5, 0.6) is 0 Å². The molecular weight excluding hydrogens is 280 g/mol. The Bertz CT molecular complexity index is 543. The minimum absolute atomic E-state index is 0.0400. The van der Waals surface area contributed by atoms with Crippen LogP contribution < -0.4 is 10.6 Å². The van der Waals surface area contributed by atoms with E-state index in [1.807, 2.05) is 0 Å². The van der Waals surface area contributed by atoms with Gasteiger partial charge < -0.3 is 20.6 Å². The molecule has 0 aromatic carbocycles. The van der Waals surface area contributed by atoms with Crippen molar-refractivity contribution in [2.45, 2.75) is 13.0 Å². The predicted octanol–water partition coefficient (Wildman–Crippen LogP) is -1.49. The zero-order valence-corrected chi connectivity index (χ0v) is 11.3. The molecule has 0 saturated carbocycles. The number of amides is 3. The summed E-state index contributed by atoms with van der Waals surface area (Å²) < 4.78 is 1.33. The Morgan fingerprint density at radius 3 is 3.00 bits per heavy atom. The average Bonchev–Trinajstić information content (AvgIpc) is 2.80. The van der Waals surface area contributed by atoms with Crippen LogP contribution in [0.25, 0.3) is 0 Å². The summed E-state index contributed by atoms with van der Waals surface area (Å²) in [4.78, 5) is 35.3. The molecule has 1 aliphatic heterocycles. The van der Waals surface area contributed by atoms with Crippen molar-refractivity contribution in [3.8, 4) is 0 Å². The molecule has 0 unspecified atom stereocenters. The van der Waals surface area contributed by atoms with Crippen LogP contribution in [0.2, 0.25) is 0 Å². The van der Waals surface area contributed by atoms with Crippen molar-refractivity contribution in [3.05, 3.63) is 11.9 Å². The summed E-state index contributed by atoms with van der Waals surface area (Å²) in [5, 5.41) is 21.1. The van der Waals surface area contributed by atoms with Gasteiger partial charge in [-0.05, 0) is 6.42 Å². The van der Waals surface area contributed by atoms with Crippen molar-refractivity contribution >= 4 is 17.9 Å². The first-order valence-electron chi connectivity index (χ1n) is 6.49. The summed E-state index contributed by atoms with van der Waals surface area (Å²) in [7, 11) is 0. The summed E-state index contributed by atoms with van der Waals surface area (Å²) in [6, 6.07) is -0.328. The number of aromatic carboxylic acids is 1. The van der Waals surface area contributed by atoms with Gasteiger partial charge in [-0.25, -0.2) is 14.3 Å². The maximum absolute atomic E-state index is 11.9. The fraction of sp³-hybridized carbons (Fsp3) is 0.545. The molecule has 2 heterocycles. The van der Waals surface area contributed by atoms with Gasteiger partial charge >= 0.3 is 12.0 Å². The van der Waals surface area contributed by atoms with Crippen LogP contribution in [0.3, 0.4) is 0 Å². The summed E-state index contributed by atoms with van der Waals surface area (Å²) in [6.45, 7) is 1.68. The van der Waals surface area contributed by atoms with Gasteiger partial charge in [0.05, 0.1) is 12.7 Å². The SMILES string of the molecule is O=C1CN(C(=O)NCCn2cc(C(=O)O)nn2)CCCN1. The lowest BCUT2D eigenvalue weighted by Gasteiger charge is -2.19. The van der Waals surface area contributed by atoms with E-state index in [-0.39, 0.29) is 30.7 Å². The van der Waals surface area contributed by atoms with E-state index < -0.39 is 5.97 Å². The van der Waals surface area contributed by atoms with E-state index in [1.165, 1.54) is 15.8 Å². The Hall–Kier alpha value is -2.65. The summed E-state index contributed by atoms with van der Waals surface area (Å²) in [5.74, 6) is -1.33. The largest absolute Gasteiger partial charge is 0.476 e. The van der Waals surface area contributed by atoms with Gasteiger partial charge in [-0.1, -0.05) is 5.21 Å². The lowest BCUT2D eigenvalue weighted by molar-refractivity contribution is -0.121. The van der Waals surface area contributed by atoms with Crippen LogP contribution in [0, 0.1) is 0 Å². The number of carbonyl (C=O) groups is 3. The van der Waals surface area contributed by atoms with Gasteiger partial charge in [0.1, 0.15) is 6.54 Å². The Morgan fingerprint density at radius 2 is 2.29 bits per heavy atom. The Kier molecular flexibility index (Phi) is 4.69. The molecule has 1 aromatic heterocycles. The first-order valence-corrected chi connectivity index (χ1v) is 6.49. The highest BCUT2D eigenvalue weighted by Crippen LogP contribution is 1.97. The summed E-state index contributed by atoms with van der Waals surface area (Å²) >= 11 is 0. The second-order valence-electron chi connectivity index (χ2n) is 4.53. The molecule has 0 spiro atoms. The van der Waals surface area contributed by atoms with Crippen molar-refractivity contribution in [3.63, 3.8) is 0 Å². The van der Waals surface area contributed by atoms with Crippen molar-refractivity contribution in [1.29, 1.82) is 0 Å². The number of aromatic nitrogens is 3. The molecule has 21 heavy (non-hydrogen) atoms. The molecule has 10 nitrogen and oxygen atoms in total. The van der Waals surface area contributed by atoms with Crippen molar-refractivity contribution in [2.75, 3.05) is 26.2 Å². The highest BCUT2D eigenvalue weighted by Gasteiger charge is 2.19. The first-order chi connectivity index (χ1) is 10.1. The van der Waals surface area contributed by atoms with Crippen molar-refractivity contribution in [2.24, 2.45) is 0 Å². The normalized spacial score (nSPS) is 15.2. The molecule has 0 atom stereocenters. The van der Waals surface area contributed by atoms with Gasteiger partial charge in [0, 0.05) is 19.6 Å². The minimum Gasteiger partial charge on any atom is -0.476 e. The van der Waals surface area contributed by atoms with Gasteiger partial charge in [0.25, 0.3) is 0 Å². The van der Waals surface area contributed by atoms with Crippen LogP contribution in [0.4, 0.5) is 4.79 Å². The number of hydrogen-bond acceptors (Lipinski definition) is 5. The molecule has 2 rings (SSSR count). The molecule has 3 amide bonds. The second-order valence-corrected chi connectivity index (χ2v) is 4.53. The number of rotatable bonds is 4. The van der Waals surface area contributed by atoms with Gasteiger partial charge in [-0.3, -0.25) is 4.79 Å². The number of carboxylic acids is 1. The lowest BCUT2D eigenvalue weighted by atomic mass is 10.4. The van der Waals surface area contributed by atoms with Crippen LogP contribution in [0.15, 0.2) is 6.20 Å². The van der Waals surface area contributed by atoms with Crippen molar-refractivity contribution < 1.29 is 19.5 Å². The van der Waals surface area contributed by atoms with Crippen LogP contribution in [-0.2, 0) is 11.3 Å². The smallest absolute Gasteiger partial charge is 0.358 e. The molecule has 1 aliphatic rings. The highest BCUT2D eigenvalue weighted by molar-refractivity contribution is 5.85. The van der Waals surface area contributed by atoms with Crippen molar-refractivity contribution in [1.82, 2.24) is 30.5 Å². The minimum atomic E-state index is -1.15. The molecule has 1 aromatic rings. The van der Waals surface area contributed by atoms with E-state index in [4.69, 9.17) is 5.11 Å². The third-order valence-corrected chi connectivity index (χ3v) is 2.92. The van der Waals surface area contributed by atoms with E-state index in [2.05, 4.69) is 20.9 Å². The summed E-state index contributed by atoms with van der Waals surface area (Å²) in [5.41, 5.74) is -0.148. The number of nitrogens with zero attached hydrogens (tertiary/aromatic N) is 4. The van der Waals surface area contributed by atoms with Gasteiger partial charge in [-0.15, -0.1) is 5.10 Å². The van der Waals surface area contributed by atoms with Crippen LogP contribution in [-0.4, -0.2) is 69.1 Å². The lowest BCUT2D eigenvalue weighted by Crippen LogP contribution is -2.44. The molecule has 10 heteroatoms. The van der Waals surface area contributed by atoms with Gasteiger partial charge in [0.15, 0.2) is 5.69 Å². The number of carbonyl (C=O) groups excluding carboxylic acids is 2. The van der Waals surface area contributed by atoms with Crippen LogP contribution in [0.1, 0.15) is 16.9 Å². The standard InChI is InChI=1S/C11H16N6O4/c18-9-7-16(4-1-2-12-9)11(21)13-3-5-17-6-8(10(19)20)14-15-17/h6H,1-5,7H2,(H,12,18)(H,13,21)(H,19,20). The molecular formula is C11H16N6O4. The molecule has 0 radical (unpaired) electrons. The predicted molar refractivity (Wildman–Crippen MR) is 69.6 cm³/mol. The average molecular weight is 296 g/mol. The topological polar surface area (TPSA) is 129 Å². The first kappa shape index (κ1) is 14.8. The zero-order chi connectivity index (χ0) is 15.2. The number of urea groups is 1. The highest BCUT2D eigenvalue weighted by atomic mass is 16.4. The Balaban J connectivity index is 1.77. The second kappa shape index (κ2) is 6.68.